The molecule has 1 rings (SSSR count). The number of nitrogens with one attached hydrogen (secondary N) is 2. The molecule has 0 spiro atoms. The molecule has 0 fully saturated rings. The largest absolute Gasteiger partial charge is 0.388 e. The summed E-state index contributed by atoms with van der Waals surface area (Å²) in [6.45, 7) is 0.738. The standard InChI is InChI=1S/C11H16N2O/c1-12-11-7-3-2-5-10(11)6-4-8-13-9-14/h2-3,5,7,9,12H,4,6,8H2,1H3,(H,13,14). The molecule has 0 saturated carbocycles. The first kappa shape index (κ1) is 10.6. The molecule has 0 unspecified atom stereocenters. The Hall–Kier alpha value is -1.51. The summed E-state index contributed by atoms with van der Waals surface area (Å²) in [5.74, 6) is 0. The lowest BCUT2D eigenvalue weighted by Crippen LogP contribution is -2.12. The van der Waals surface area contributed by atoms with Crippen molar-refractivity contribution in [3.63, 3.8) is 0 Å². The highest BCUT2D eigenvalue weighted by atomic mass is 16.1. The van der Waals surface area contributed by atoms with E-state index in [9.17, 15) is 4.79 Å². The zero-order chi connectivity index (χ0) is 10.2. The van der Waals surface area contributed by atoms with Crippen LogP contribution < -0.4 is 10.6 Å². The summed E-state index contributed by atoms with van der Waals surface area (Å²) in [4.78, 5) is 10.0. The maximum Gasteiger partial charge on any atom is 0.207 e. The van der Waals surface area contributed by atoms with Crippen molar-refractivity contribution in [1.82, 2.24) is 5.32 Å². The van der Waals surface area contributed by atoms with Crippen molar-refractivity contribution >= 4 is 12.1 Å². The van der Waals surface area contributed by atoms with Crippen LogP contribution in [-0.2, 0) is 11.2 Å². The van der Waals surface area contributed by atoms with E-state index < -0.39 is 0 Å². The molecule has 3 heteroatoms. The van der Waals surface area contributed by atoms with Crippen molar-refractivity contribution < 1.29 is 4.79 Å². The van der Waals surface area contributed by atoms with Crippen molar-refractivity contribution in [2.75, 3.05) is 18.9 Å². The topological polar surface area (TPSA) is 41.1 Å². The fourth-order valence-electron chi connectivity index (χ4n) is 1.42. The first-order valence-corrected chi connectivity index (χ1v) is 4.81. The van der Waals surface area contributed by atoms with E-state index in [1.807, 2.05) is 19.2 Å². The molecule has 0 aromatic heterocycles. The van der Waals surface area contributed by atoms with E-state index in [1.165, 1.54) is 11.3 Å². The number of benzene rings is 1. The normalized spacial score (nSPS) is 9.50. The Balaban J connectivity index is 2.44. The molecule has 0 bridgehead atoms. The van der Waals surface area contributed by atoms with Crippen molar-refractivity contribution in [3.8, 4) is 0 Å². The molecule has 1 aromatic carbocycles. The molecule has 0 atom stereocenters. The van der Waals surface area contributed by atoms with E-state index in [-0.39, 0.29) is 0 Å². The molecule has 0 aliphatic rings. The highest BCUT2D eigenvalue weighted by Crippen LogP contribution is 2.15. The second-order valence-electron chi connectivity index (χ2n) is 3.08. The van der Waals surface area contributed by atoms with E-state index in [4.69, 9.17) is 0 Å². The number of para-hydroxylation sites is 1. The van der Waals surface area contributed by atoms with Crippen LogP contribution in [0.1, 0.15) is 12.0 Å². The average Bonchev–Trinajstić information content (AvgIpc) is 2.25. The number of rotatable bonds is 6. The van der Waals surface area contributed by atoms with Gasteiger partial charge in [-0.1, -0.05) is 18.2 Å². The number of hydrogen-bond acceptors (Lipinski definition) is 2. The minimum absolute atomic E-state index is 0.738. The SMILES string of the molecule is CNc1ccccc1CCCNC=O. The molecule has 3 nitrogen and oxygen atoms in total. The highest BCUT2D eigenvalue weighted by molar-refractivity contribution is 5.50. The van der Waals surface area contributed by atoms with E-state index >= 15 is 0 Å². The molecule has 0 radical (unpaired) electrons. The van der Waals surface area contributed by atoms with Gasteiger partial charge in [-0.05, 0) is 24.5 Å². The van der Waals surface area contributed by atoms with Crippen LogP contribution in [0.3, 0.4) is 0 Å². The van der Waals surface area contributed by atoms with Gasteiger partial charge in [0.05, 0.1) is 0 Å². The predicted molar refractivity (Wildman–Crippen MR) is 58.4 cm³/mol. The van der Waals surface area contributed by atoms with E-state index in [1.54, 1.807) is 0 Å². The Morgan fingerprint density at radius 1 is 1.36 bits per heavy atom. The molecule has 14 heavy (non-hydrogen) atoms. The van der Waals surface area contributed by atoms with Gasteiger partial charge in [-0.15, -0.1) is 0 Å². The highest BCUT2D eigenvalue weighted by Gasteiger charge is 1.98. The van der Waals surface area contributed by atoms with Gasteiger partial charge in [-0.3, -0.25) is 4.79 Å². The summed E-state index contributed by atoms with van der Waals surface area (Å²) in [5, 5.41) is 5.80. The summed E-state index contributed by atoms with van der Waals surface area (Å²) in [6.07, 6.45) is 2.69. The van der Waals surface area contributed by atoms with Crippen molar-refractivity contribution in [3.05, 3.63) is 29.8 Å². The van der Waals surface area contributed by atoms with Crippen LogP contribution in [0.5, 0.6) is 0 Å². The van der Waals surface area contributed by atoms with Crippen LogP contribution >= 0.6 is 0 Å². The average molecular weight is 192 g/mol. The quantitative estimate of drug-likeness (QED) is 0.528. The van der Waals surface area contributed by atoms with Gasteiger partial charge < -0.3 is 10.6 Å². The van der Waals surface area contributed by atoms with Crippen LogP contribution in [-0.4, -0.2) is 20.0 Å². The lowest BCUT2D eigenvalue weighted by molar-refractivity contribution is -0.109. The number of carbonyl (C=O) groups is 1. The van der Waals surface area contributed by atoms with Crippen LogP contribution in [0.4, 0.5) is 5.69 Å². The lowest BCUT2D eigenvalue weighted by atomic mass is 10.1. The summed E-state index contributed by atoms with van der Waals surface area (Å²) < 4.78 is 0. The Morgan fingerprint density at radius 2 is 2.14 bits per heavy atom. The zero-order valence-electron chi connectivity index (χ0n) is 8.42. The van der Waals surface area contributed by atoms with Gasteiger partial charge in [0.25, 0.3) is 0 Å². The van der Waals surface area contributed by atoms with Gasteiger partial charge in [-0.25, -0.2) is 0 Å². The van der Waals surface area contributed by atoms with Gasteiger partial charge >= 0.3 is 0 Å². The molecular formula is C11H16N2O. The van der Waals surface area contributed by atoms with Gasteiger partial charge in [0.15, 0.2) is 0 Å². The molecule has 0 aliphatic heterocycles. The summed E-state index contributed by atoms with van der Waals surface area (Å²) in [7, 11) is 1.92. The summed E-state index contributed by atoms with van der Waals surface area (Å²) >= 11 is 0. The van der Waals surface area contributed by atoms with Gasteiger partial charge in [0.1, 0.15) is 0 Å². The Bertz CT molecular complexity index is 286. The van der Waals surface area contributed by atoms with Gasteiger partial charge in [-0.2, -0.15) is 0 Å². The van der Waals surface area contributed by atoms with Gasteiger partial charge in [0.2, 0.25) is 6.41 Å². The second-order valence-corrected chi connectivity index (χ2v) is 3.08. The number of carbonyl (C=O) groups excluding carboxylic acids is 1. The number of aryl methyl sites for hydroxylation is 1. The van der Waals surface area contributed by atoms with Crippen molar-refractivity contribution in [2.45, 2.75) is 12.8 Å². The monoisotopic (exact) mass is 192 g/mol. The third-order valence-electron chi connectivity index (χ3n) is 2.14. The van der Waals surface area contributed by atoms with Crippen LogP contribution in [0.15, 0.2) is 24.3 Å². The number of hydrogen-bond donors (Lipinski definition) is 2. The maximum atomic E-state index is 10.0. The summed E-state index contributed by atoms with van der Waals surface area (Å²) in [5.41, 5.74) is 2.46. The number of amides is 1. The first-order valence-electron chi connectivity index (χ1n) is 4.81. The molecule has 0 saturated heterocycles. The first-order chi connectivity index (χ1) is 6.88. The molecular weight excluding hydrogens is 176 g/mol. The third-order valence-corrected chi connectivity index (χ3v) is 2.14. The fourth-order valence-corrected chi connectivity index (χ4v) is 1.42. The Kier molecular flexibility index (Phi) is 4.55. The van der Waals surface area contributed by atoms with Crippen molar-refractivity contribution in [2.24, 2.45) is 0 Å². The lowest BCUT2D eigenvalue weighted by Gasteiger charge is -2.07. The van der Waals surface area contributed by atoms with Gasteiger partial charge in [0, 0.05) is 19.3 Å². The molecule has 0 heterocycles. The second kappa shape index (κ2) is 6.02. The maximum absolute atomic E-state index is 10.0. The molecule has 0 aliphatic carbocycles. The van der Waals surface area contributed by atoms with E-state index in [0.29, 0.717) is 0 Å². The summed E-state index contributed by atoms with van der Waals surface area (Å²) in [6, 6.07) is 8.21. The van der Waals surface area contributed by atoms with E-state index in [2.05, 4.69) is 22.8 Å². The Labute approximate surface area is 84.5 Å². The van der Waals surface area contributed by atoms with E-state index in [0.717, 1.165) is 25.8 Å². The van der Waals surface area contributed by atoms with Crippen LogP contribution in [0, 0.1) is 0 Å². The third kappa shape index (κ3) is 3.09. The smallest absolute Gasteiger partial charge is 0.207 e. The predicted octanol–water partition coefficient (Wildman–Crippen LogP) is 1.41. The Morgan fingerprint density at radius 3 is 2.86 bits per heavy atom. The fraction of sp³-hybridized carbons (Fsp3) is 0.364. The minimum Gasteiger partial charge on any atom is -0.388 e. The molecule has 76 valence electrons. The zero-order valence-corrected chi connectivity index (χ0v) is 8.42. The number of anilines is 1. The molecule has 2 N–H and O–H groups in total. The molecule has 1 aromatic rings. The van der Waals surface area contributed by atoms with Crippen molar-refractivity contribution in [1.29, 1.82) is 0 Å². The van der Waals surface area contributed by atoms with Crippen LogP contribution in [0.2, 0.25) is 0 Å². The minimum atomic E-state index is 0.738. The van der Waals surface area contributed by atoms with Crippen LogP contribution in [0.25, 0.3) is 0 Å². The molecule has 1 amide bonds.